The number of pyridine rings is 2. The molecule has 3 aromatic heterocycles. The molecule has 0 N–H and O–H groups in total. The minimum Gasteiger partial charge on any atom is -0.305 e. The lowest BCUT2D eigenvalue weighted by Crippen LogP contribution is -2.41. The Morgan fingerprint density at radius 3 is 2.42 bits per heavy atom. The third-order valence-corrected chi connectivity index (χ3v) is 5.92. The Morgan fingerprint density at radius 2 is 1.70 bits per heavy atom. The zero-order chi connectivity index (χ0) is 23.5. The maximum absolute atomic E-state index is 13.1. The molecule has 4 heterocycles. The number of amides is 1. The average molecular weight is 451 g/mol. The molecule has 1 aliphatic heterocycles. The summed E-state index contributed by atoms with van der Waals surface area (Å²) in [5, 5.41) is 4.26. The maximum atomic E-state index is 13.1. The number of fused-ring (bicyclic) bond motifs is 2. The van der Waals surface area contributed by atoms with Crippen LogP contribution in [0, 0.1) is 20.8 Å². The van der Waals surface area contributed by atoms with Gasteiger partial charge in [0.05, 0.1) is 29.5 Å². The number of hydrogen-bond donors (Lipinski definition) is 0. The van der Waals surface area contributed by atoms with E-state index in [0.717, 1.165) is 28.4 Å². The van der Waals surface area contributed by atoms with E-state index in [4.69, 9.17) is 0 Å². The van der Waals surface area contributed by atoms with Crippen molar-refractivity contribution in [3.63, 3.8) is 0 Å². The Morgan fingerprint density at radius 1 is 0.909 bits per heavy atom. The van der Waals surface area contributed by atoms with Gasteiger partial charge in [0.2, 0.25) is 0 Å². The number of rotatable bonds is 2. The van der Waals surface area contributed by atoms with Crippen LogP contribution in [0.5, 0.6) is 0 Å². The van der Waals surface area contributed by atoms with Gasteiger partial charge in [0.1, 0.15) is 11.4 Å². The molecule has 6 nitrogen and oxygen atoms in total. The Balaban J connectivity index is 1.50. The largest absolute Gasteiger partial charge is 0.433 e. The lowest BCUT2D eigenvalue weighted by atomic mass is 10.0. The molecule has 0 radical (unpaired) electrons. The number of benzene rings is 1. The van der Waals surface area contributed by atoms with Gasteiger partial charge in [0.25, 0.3) is 5.91 Å². The Labute approximate surface area is 187 Å². The number of carbonyl (C=O) groups excluding carboxylic acids is 1. The van der Waals surface area contributed by atoms with Crippen LogP contribution in [0.15, 0.2) is 42.6 Å². The first-order valence-corrected chi connectivity index (χ1v) is 10.4. The van der Waals surface area contributed by atoms with Crippen molar-refractivity contribution >= 4 is 22.6 Å². The van der Waals surface area contributed by atoms with E-state index in [1.807, 2.05) is 32.0 Å². The molecule has 1 aliphatic rings. The molecule has 0 atom stereocenters. The molecule has 4 aromatic rings. The Kier molecular flexibility index (Phi) is 4.73. The van der Waals surface area contributed by atoms with E-state index in [-0.39, 0.29) is 11.4 Å². The SMILES string of the molecule is Cc1cc(-c2ccc3nc(C(F)(F)F)cc(C)c3n2)ccc1N1CCn2ncc(C)c2C1=O. The zero-order valence-electron chi connectivity index (χ0n) is 18.2. The Hall–Kier alpha value is -3.75. The van der Waals surface area contributed by atoms with Crippen molar-refractivity contribution < 1.29 is 18.0 Å². The monoisotopic (exact) mass is 451 g/mol. The topological polar surface area (TPSA) is 63.9 Å². The van der Waals surface area contributed by atoms with Crippen molar-refractivity contribution in [2.45, 2.75) is 33.5 Å². The molecule has 0 fully saturated rings. The van der Waals surface area contributed by atoms with E-state index in [1.54, 1.807) is 34.8 Å². The van der Waals surface area contributed by atoms with E-state index >= 15 is 0 Å². The molecule has 1 aromatic carbocycles. The predicted molar refractivity (Wildman–Crippen MR) is 118 cm³/mol. The second-order valence-electron chi connectivity index (χ2n) is 8.24. The van der Waals surface area contributed by atoms with Crippen LogP contribution in [0.1, 0.15) is 32.9 Å². The smallest absolute Gasteiger partial charge is 0.305 e. The number of aromatic nitrogens is 4. The predicted octanol–water partition coefficient (Wildman–Crippen LogP) is 5.10. The summed E-state index contributed by atoms with van der Waals surface area (Å²) < 4.78 is 41.0. The number of aryl methyl sites for hydroxylation is 3. The molecule has 0 unspecified atom stereocenters. The minimum absolute atomic E-state index is 0.0851. The molecule has 0 saturated heterocycles. The highest BCUT2D eigenvalue weighted by Gasteiger charge is 2.33. The van der Waals surface area contributed by atoms with Gasteiger partial charge in [-0.2, -0.15) is 18.3 Å². The summed E-state index contributed by atoms with van der Waals surface area (Å²) in [6.45, 7) is 6.53. The summed E-state index contributed by atoms with van der Waals surface area (Å²) in [7, 11) is 0. The van der Waals surface area contributed by atoms with Gasteiger partial charge >= 0.3 is 6.18 Å². The van der Waals surface area contributed by atoms with E-state index in [0.29, 0.717) is 35.6 Å². The van der Waals surface area contributed by atoms with Crippen molar-refractivity contribution in [2.75, 3.05) is 11.4 Å². The van der Waals surface area contributed by atoms with Gasteiger partial charge in [-0.1, -0.05) is 6.07 Å². The third-order valence-electron chi connectivity index (χ3n) is 5.92. The van der Waals surface area contributed by atoms with Crippen LogP contribution < -0.4 is 4.90 Å². The van der Waals surface area contributed by atoms with E-state index in [1.165, 1.54) is 0 Å². The van der Waals surface area contributed by atoms with E-state index in [9.17, 15) is 18.0 Å². The van der Waals surface area contributed by atoms with E-state index in [2.05, 4.69) is 15.1 Å². The second kappa shape index (κ2) is 7.40. The van der Waals surface area contributed by atoms with E-state index < -0.39 is 11.9 Å². The highest BCUT2D eigenvalue weighted by atomic mass is 19.4. The Bertz CT molecular complexity index is 1420. The summed E-state index contributed by atoms with van der Waals surface area (Å²) in [4.78, 5) is 23.1. The van der Waals surface area contributed by atoms with Crippen LogP contribution in [0.2, 0.25) is 0 Å². The summed E-state index contributed by atoms with van der Waals surface area (Å²) in [6, 6.07) is 9.92. The van der Waals surface area contributed by atoms with Crippen LogP contribution >= 0.6 is 0 Å². The van der Waals surface area contributed by atoms with Crippen LogP contribution in [-0.4, -0.2) is 32.2 Å². The first-order valence-electron chi connectivity index (χ1n) is 10.4. The highest BCUT2D eigenvalue weighted by molar-refractivity contribution is 6.07. The van der Waals surface area contributed by atoms with Crippen molar-refractivity contribution in [1.29, 1.82) is 0 Å². The number of carbonyl (C=O) groups is 1. The quantitative estimate of drug-likeness (QED) is 0.426. The van der Waals surface area contributed by atoms with Gasteiger partial charge in [-0.15, -0.1) is 0 Å². The van der Waals surface area contributed by atoms with Crippen molar-refractivity contribution in [3.05, 3.63) is 70.7 Å². The maximum Gasteiger partial charge on any atom is 0.433 e. The van der Waals surface area contributed by atoms with Crippen molar-refractivity contribution in [2.24, 2.45) is 0 Å². The van der Waals surface area contributed by atoms with Crippen LogP contribution in [-0.2, 0) is 12.7 Å². The molecule has 5 rings (SSSR count). The minimum atomic E-state index is -4.51. The third kappa shape index (κ3) is 3.53. The lowest BCUT2D eigenvalue weighted by Gasteiger charge is -2.29. The van der Waals surface area contributed by atoms with Crippen LogP contribution in [0.25, 0.3) is 22.3 Å². The molecule has 1 amide bonds. The van der Waals surface area contributed by atoms with Crippen molar-refractivity contribution in [3.8, 4) is 11.3 Å². The van der Waals surface area contributed by atoms with Crippen LogP contribution in [0.4, 0.5) is 18.9 Å². The number of hydrogen-bond acceptors (Lipinski definition) is 4. The van der Waals surface area contributed by atoms with Gasteiger partial charge in [-0.05, 0) is 62.2 Å². The van der Waals surface area contributed by atoms with Gasteiger partial charge < -0.3 is 4.90 Å². The summed E-state index contributed by atoms with van der Waals surface area (Å²) >= 11 is 0. The number of anilines is 1. The fourth-order valence-corrected chi connectivity index (χ4v) is 4.27. The second-order valence-corrected chi connectivity index (χ2v) is 8.24. The zero-order valence-corrected chi connectivity index (χ0v) is 18.2. The highest BCUT2D eigenvalue weighted by Crippen LogP contribution is 2.33. The van der Waals surface area contributed by atoms with Gasteiger partial charge in [0.15, 0.2) is 0 Å². The summed E-state index contributed by atoms with van der Waals surface area (Å²) in [5.41, 5.74) is 4.70. The molecule has 168 valence electrons. The van der Waals surface area contributed by atoms with Gasteiger partial charge in [-0.3, -0.25) is 9.48 Å². The molecular weight excluding hydrogens is 431 g/mol. The first-order chi connectivity index (χ1) is 15.6. The molecule has 0 spiro atoms. The summed E-state index contributed by atoms with van der Waals surface area (Å²) in [6.07, 6.45) is -2.81. The van der Waals surface area contributed by atoms with Crippen LogP contribution in [0.3, 0.4) is 0 Å². The molecule has 0 bridgehead atoms. The standard InChI is InChI=1S/C24H20F3N5O/c1-13-10-16(4-7-19(13)31-8-9-32-22(23(31)33)15(3)12-28-32)17-5-6-18-21(30-17)14(2)11-20(29-18)24(25,26)27/h4-7,10-12H,8-9H2,1-3H3. The van der Waals surface area contributed by atoms with Gasteiger partial charge in [0, 0.05) is 23.4 Å². The van der Waals surface area contributed by atoms with Gasteiger partial charge in [-0.25, -0.2) is 9.97 Å². The molecule has 0 saturated carbocycles. The molecule has 33 heavy (non-hydrogen) atoms. The number of halogens is 3. The normalized spacial score (nSPS) is 14.1. The number of alkyl halides is 3. The average Bonchev–Trinajstić information content (AvgIpc) is 3.15. The molecular formula is C24H20F3N5O. The first kappa shape index (κ1) is 21.1. The fraction of sp³-hybridized carbons (Fsp3) is 0.250. The lowest BCUT2D eigenvalue weighted by molar-refractivity contribution is -0.141. The fourth-order valence-electron chi connectivity index (χ4n) is 4.27. The molecule has 0 aliphatic carbocycles. The summed E-state index contributed by atoms with van der Waals surface area (Å²) in [5.74, 6) is -0.0851. The number of nitrogens with zero attached hydrogens (tertiary/aromatic N) is 5. The van der Waals surface area contributed by atoms with Crippen molar-refractivity contribution in [1.82, 2.24) is 19.7 Å². The molecule has 9 heteroatoms.